The number of carbonyl (C=O) groups excluding carboxylic acids is 2. The molecule has 2 aliphatic rings. The zero-order valence-electron chi connectivity index (χ0n) is 17.5. The summed E-state index contributed by atoms with van der Waals surface area (Å²) in [5, 5.41) is 13.3. The SMILES string of the molecule is Cc1cc(C)cc(OCC(O)CN2C(=O)NC3(CC(C)CC(C)(C)C3)C2=O)c1. The normalized spacial score (nSPS) is 27.8. The number of nitrogens with zero attached hydrogens (tertiary/aromatic N) is 1. The van der Waals surface area contributed by atoms with Crippen LogP contribution in [-0.2, 0) is 4.79 Å². The van der Waals surface area contributed by atoms with Crippen molar-refractivity contribution in [3.63, 3.8) is 0 Å². The van der Waals surface area contributed by atoms with E-state index in [1.807, 2.05) is 32.0 Å². The summed E-state index contributed by atoms with van der Waals surface area (Å²) in [6.07, 6.45) is 1.36. The number of aliphatic hydroxyl groups excluding tert-OH is 1. The van der Waals surface area contributed by atoms with Gasteiger partial charge in [0.25, 0.3) is 5.91 Å². The molecule has 0 bridgehead atoms. The van der Waals surface area contributed by atoms with Crippen LogP contribution in [0.5, 0.6) is 5.75 Å². The number of urea groups is 1. The lowest BCUT2D eigenvalue weighted by Crippen LogP contribution is -2.54. The van der Waals surface area contributed by atoms with E-state index in [1.165, 1.54) is 0 Å². The number of hydrogen-bond donors (Lipinski definition) is 2. The van der Waals surface area contributed by atoms with Gasteiger partial charge in [-0.05, 0) is 67.7 Å². The van der Waals surface area contributed by atoms with E-state index in [4.69, 9.17) is 4.74 Å². The number of benzene rings is 1. The summed E-state index contributed by atoms with van der Waals surface area (Å²) >= 11 is 0. The molecule has 1 aliphatic carbocycles. The Kier molecular flexibility index (Phi) is 5.45. The van der Waals surface area contributed by atoms with Crippen molar-refractivity contribution in [3.8, 4) is 5.75 Å². The molecule has 1 aliphatic heterocycles. The second kappa shape index (κ2) is 7.39. The van der Waals surface area contributed by atoms with Gasteiger partial charge in [-0.15, -0.1) is 0 Å². The van der Waals surface area contributed by atoms with Crippen LogP contribution in [0.25, 0.3) is 0 Å². The molecule has 3 amide bonds. The highest BCUT2D eigenvalue weighted by molar-refractivity contribution is 6.07. The fourth-order valence-electron chi connectivity index (χ4n) is 5.14. The number of rotatable bonds is 5. The predicted octanol–water partition coefficient (Wildman–Crippen LogP) is 3.18. The molecule has 1 heterocycles. The van der Waals surface area contributed by atoms with Crippen LogP contribution in [0.4, 0.5) is 4.79 Å². The van der Waals surface area contributed by atoms with E-state index >= 15 is 0 Å². The van der Waals surface area contributed by atoms with Crippen LogP contribution in [0.15, 0.2) is 18.2 Å². The summed E-state index contributed by atoms with van der Waals surface area (Å²) in [5.41, 5.74) is 1.30. The minimum atomic E-state index is -0.945. The van der Waals surface area contributed by atoms with Crippen molar-refractivity contribution in [1.29, 1.82) is 0 Å². The van der Waals surface area contributed by atoms with Crippen LogP contribution < -0.4 is 10.1 Å². The van der Waals surface area contributed by atoms with E-state index in [2.05, 4.69) is 26.1 Å². The lowest BCUT2D eigenvalue weighted by atomic mass is 9.64. The van der Waals surface area contributed by atoms with Gasteiger partial charge in [-0.1, -0.05) is 26.8 Å². The van der Waals surface area contributed by atoms with E-state index in [1.54, 1.807) is 0 Å². The molecule has 3 unspecified atom stereocenters. The van der Waals surface area contributed by atoms with Crippen molar-refractivity contribution < 1.29 is 19.4 Å². The van der Waals surface area contributed by atoms with E-state index in [0.717, 1.165) is 22.4 Å². The minimum absolute atomic E-state index is 0.0125. The molecular weight excluding hydrogens is 356 g/mol. The maximum Gasteiger partial charge on any atom is 0.325 e. The molecule has 0 aromatic heterocycles. The maximum absolute atomic E-state index is 13.1. The number of nitrogens with one attached hydrogen (secondary N) is 1. The van der Waals surface area contributed by atoms with Crippen LogP contribution in [0, 0.1) is 25.2 Å². The Morgan fingerprint density at radius 3 is 2.46 bits per heavy atom. The Balaban J connectivity index is 1.64. The number of carbonyl (C=O) groups is 2. The second-order valence-electron chi connectivity index (χ2n) is 9.57. The van der Waals surface area contributed by atoms with Gasteiger partial charge in [-0.25, -0.2) is 4.79 Å². The molecule has 1 saturated carbocycles. The van der Waals surface area contributed by atoms with Crippen molar-refractivity contribution in [2.24, 2.45) is 11.3 Å². The smallest absolute Gasteiger partial charge is 0.325 e. The third-order valence-corrected chi connectivity index (χ3v) is 5.66. The van der Waals surface area contributed by atoms with Crippen LogP contribution in [0.2, 0.25) is 0 Å². The summed E-state index contributed by atoms with van der Waals surface area (Å²) < 4.78 is 5.68. The number of amides is 3. The van der Waals surface area contributed by atoms with Crippen molar-refractivity contribution in [2.45, 2.75) is 65.5 Å². The van der Waals surface area contributed by atoms with Gasteiger partial charge < -0.3 is 15.2 Å². The van der Waals surface area contributed by atoms with Crippen LogP contribution in [-0.4, -0.2) is 46.7 Å². The monoisotopic (exact) mass is 388 g/mol. The molecule has 0 radical (unpaired) electrons. The number of aryl methyl sites for hydroxylation is 2. The van der Waals surface area contributed by atoms with Gasteiger partial charge in [0, 0.05) is 0 Å². The third-order valence-electron chi connectivity index (χ3n) is 5.66. The molecule has 6 nitrogen and oxygen atoms in total. The molecule has 154 valence electrons. The van der Waals surface area contributed by atoms with Gasteiger partial charge in [-0.2, -0.15) is 0 Å². The maximum atomic E-state index is 13.1. The molecule has 6 heteroatoms. The minimum Gasteiger partial charge on any atom is -0.491 e. The first-order valence-corrected chi connectivity index (χ1v) is 10.0. The fourth-order valence-corrected chi connectivity index (χ4v) is 5.14. The summed E-state index contributed by atoms with van der Waals surface area (Å²) in [7, 11) is 0. The summed E-state index contributed by atoms with van der Waals surface area (Å²) in [5.74, 6) is 0.807. The molecule has 28 heavy (non-hydrogen) atoms. The molecule has 1 saturated heterocycles. The number of hydrogen-bond acceptors (Lipinski definition) is 4. The molecule has 2 fully saturated rings. The lowest BCUT2D eigenvalue weighted by molar-refractivity contribution is -0.135. The van der Waals surface area contributed by atoms with E-state index in [9.17, 15) is 14.7 Å². The van der Waals surface area contributed by atoms with Gasteiger partial charge >= 0.3 is 6.03 Å². The molecule has 1 spiro atoms. The van der Waals surface area contributed by atoms with Crippen LogP contribution in [0.1, 0.15) is 51.2 Å². The Morgan fingerprint density at radius 2 is 1.86 bits per heavy atom. The van der Waals surface area contributed by atoms with E-state index in [0.29, 0.717) is 24.5 Å². The predicted molar refractivity (Wildman–Crippen MR) is 107 cm³/mol. The Morgan fingerprint density at radius 1 is 1.21 bits per heavy atom. The van der Waals surface area contributed by atoms with Gasteiger partial charge in [0.2, 0.25) is 0 Å². The zero-order valence-corrected chi connectivity index (χ0v) is 17.5. The second-order valence-corrected chi connectivity index (χ2v) is 9.57. The largest absolute Gasteiger partial charge is 0.491 e. The zero-order chi connectivity index (χ0) is 20.7. The molecule has 3 atom stereocenters. The average molecular weight is 389 g/mol. The van der Waals surface area contributed by atoms with Crippen molar-refractivity contribution >= 4 is 11.9 Å². The highest BCUT2D eigenvalue weighted by atomic mass is 16.5. The first kappa shape index (κ1) is 20.6. The first-order chi connectivity index (χ1) is 13.0. The van der Waals surface area contributed by atoms with Crippen molar-refractivity contribution in [3.05, 3.63) is 29.3 Å². The average Bonchev–Trinajstić information content (AvgIpc) is 2.73. The van der Waals surface area contributed by atoms with Gasteiger partial charge in [0.05, 0.1) is 6.54 Å². The van der Waals surface area contributed by atoms with E-state index < -0.39 is 17.7 Å². The Hall–Kier alpha value is -2.08. The molecule has 3 rings (SSSR count). The fraction of sp³-hybridized carbons (Fsp3) is 0.636. The number of imide groups is 1. The molecule has 2 N–H and O–H groups in total. The van der Waals surface area contributed by atoms with E-state index in [-0.39, 0.29) is 24.5 Å². The van der Waals surface area contributed by atoms with Crippen molar-refractivity contribution in [1.82, 2.24) is 10.2 Å². The van der Waals surface area contributed by atoms with Gasteiger partial charge in [0.1, 0.15) is 24.0 Å². The lowest BCUT2D eigenvalue weighted by Gasteiger charge is -2.43. The standard InChI is InChI=1S/C22H32N2O4/c1-14-6-15(2)8-18(7-14)28-12-17(25)11-24-19(26)22(23-20(24)27)10-16(3)9-21(4,5)13-22/h6-8,16-17,25H,9-13H2,1-5H3,(H,23,27). The first-order valence-electron chi connectivity index (χ1n) is 10.0. The van der Waals surface area contributed by atoms with Crippen molar-refractivity contribution in [2.75, 3.05) is 13.2 Å². The summed E-state index contributed by atoms with van der Waals surface area (Å²) in [6.45, 7) is 10.3. The summed E-state index contributed by atoms with van der Waals surface area (Å²) in [6, 6.07) is 5.42. The van der Waals surface area contributed by atoms with Gasteiger partial charge in [0.15, 0.2) is 0 Å². The third kappa shape index (κ3) is 4.32. The summed E-state index contributed by atoms with van der Waals surface area (Å²) in [4.78, 5) is 26.8. The Bertz CT molecular complexity index is 756. The highest BCUT2D eigenvalue weighted by Gasteiger charge is 2.56. The quantitative estimate of drug-likeness (QED) is 0.760. The number of ether oxygens (including phenoxy) is 1. The highest BCUT2D eigenvalue weighted by Crippen LogP contribution is 2.46. The van der Waals surface area contributed by atoms with Gasteiger partial charge in [-0.3, -0.25) is 9.69 Å². The topological polar surface area (TPSA) is 78.9 Å². The molecule has 1 aromatic carbocycles. The number of aliphatic hydroxyl groups is 1. The van der Waals surface area contributed by atoms with Crippen LogP contribution in [0.3, 0.4) is 0 Å². The number of β-amino-alcohol motifs (C(OH)–C–C–N with tert-alkyl or cyclic N) is 1. The van der Waals surface area contributed by atoms with Crippen LogP contribution >= 0.6 is 0 Å². The molecular formula is C22H32N2O4. The Labute approximate surface area is 167 Å². The molecule has 1 aromatic rings.